The number of aromatic nitrogens is 1. The van der Waals surface area contributed by atoms with E-state index in [1.54, 1.807) is 6.20 Å². The van der Waals surface area contributed by atoms with Crippen LogP contribution < -0.4 is 4.74 Å². The summed E-state index contributed by atoms with van der Waals surface area (Å²) in [5.41, 5.74) is 2.18. The summed E-state index contributed by atoms with van der Waals surface area (Å²) in [5, 5.41) is 0. The summed E-state index contributed by atoms with van der Waals surface area (Å²) in [4.78, 5) is 5.36. The van der Waals surface area contributed by atoms with E-state index in [9.17, 15) is 0 Å². The molecule has 1 fully saturated rings. The zero-order valence-electron chi connectivity index (χ0n) is 10.7. The summed E-state index contributed by atoms with van der Waals surface area (Å²) in [7, 11) is 0. The third-order valence-corrected chi connectivity index (χ3v) is 3.83. The first-order chi connectivity index (χ1) is 9.33. The second kappa shape index (κ2) is 5.66. The van der Waals surface area contributed by atoms with E-state index in [4.69, 9.17) is 4.74 Å². The highest BCUT2D eigenvalue weighted by atomic mass is 32.1. The molecule has 0 atom stereocenters. The van der Waals surface area contributed by atoms with Crippen LogP contribution in [0.5, 0.6) is 5.88 Å². The lowest BCUT2D eigenvalue weighted by Crippen LogP contribution is -2.12. The highest BCUT2D eigenvalue weighted by molar-refractivity contribution is 7.80. The van der Waals surface area contributed by atoms with Crippen molar-refractivity contribution >= 4 is 12.6 Å². The molecule has 1 aromatic heterocycles. The van der Waals surface area contributed by atoms with Crippen molar-refractivity contribution in [2.75, 3.05) is 0 Å². The van der Waals surface area contributed by atoms with E-state index in [0.29, 0.717) is 6.10 Å². The number of ether oxygens (including phenoxy) is 1. The van der Waals surface area contributed by atoms with Gasteiger partial charge in [-0.05, 0) is 55.5 Å². The Labute approximate surface area is 119 Å². The van der Waals surface area contributed by atoms with Gasteiger partial charge < -0.3 is 4.74 Å². The molecule has 0 amide bonds. The van der Waals surface area contributed by atoms with Crippen molar-refractivity contribution < 1.29 is 4.74 Å². The third-order valence-electron chi connectivity index (χ3n) is 3.53. The van der Waals surface area contributed by atoms with Gasteiger partial charge in [0.25, 0.3) is 0 Å². The second-order valence-corrected chi connectivity index (χ2v) is 5.44. The van der Waals surface area contributed by atoms with Crippen LogP contribution >= 0.6 is 12.6 Å². The standard InChI is InChI=1S/C16H17NOS/c19-14-9-7-12(8-10-14)15-6-3-11-17-16(15)18-13-4-1-2-5-13/h3,6-11,13,19H,1-2,4-5H2. The fourth-order valence-electron chi connectivity index (χ4n) is 2.51. The molecule has 0 N–H and O–H groups in total. The summed E-state index contributed by atoms with van der Waals surface area (Å²) in [5.74, 6) is 0.751. The molecule has 0 unspecified atom stereocenters. The molecule has 0 aliphatic heterocycles. The van der Waals surface area contributed by atoms with Crippen LogP contribution in [-0.4, -0.2) is 11.1 Å². The van der Waals surface area contributed by atoms with Crippen LogP contribution in [0, 0.1) is 0 Å². The Morgan fingerprint density at radius 2 is 1.79 bits per heavy atom. The maximum Gasteiger partial charge on any atom is 0.221 e. The molecule has 1 saturated carbocycles. The maximum absolute atomic E-state index is 6.06. The topological polar surface area (TPSA) is 22.1 Å². The molecule has 0 bridgehead atoms. The van der Waals surface area contributed by atoms with Gasteiger partial charge >= 0.3 is 0 Å². The summed E-state index contributed by atoms with van der Waals surface area (Å²) in [6.45, 7) is 0. The molecule has 98 valence electrons. The van der Waals surface area contributed by atoms with Gasteiger partial charge in [-0.15, -0.1) is 12.6 Å². The van der Waals surface area contributed by atoms with Crippen LogP contribution in [-0.2, 0) is 0 Å². The van der Waals surface area contributed by atoms with Crippen LogP contribution in [0.4, 0.5) is 0 Å². The van der Waals surface area contributed by atoms with Crippen LogP contribution in [0.3, 0.4) is 0 Å². The Kier molecular flexibility index (Phi) is 3.74. The van der Waals surface area contributed by atoms with Gasteiger partial charge in [-0.3, -0.25) is 0 Å². The van der Waals surface area contributed by atoms with E-state index >= 15 is 0 Å². The van der Waals surface area contributed by atoms with Gasteiger partial charge in [0.1, 0.15) is 6.10 Å². The molecule has 0 radical (unpaired) electrons. The molecule has 1 heterocycles. The average Bonchev–Trinajstić information content (AvgIpc) is 2.93. The lowest BCUT2D eigenvalue weighted by atomic mass is 10.1. The Morgan fingerprint density at radius 1 is 1.05 bits per heavy atom. The van der Waals surface area contributed by atoms with E-state index in [1.807, 2.05) is 18.2 Å². The Bertz CT molecular complexity index is 547. The summed E-state index contributed by atoms with van der Waals surface area (Å²) in [6, 6.07) is 12.1. The molecular formula is C16H17NOS. The molecule has 2 nitrogen and oxygen atoms in total. The van der Waals surface area contributed by atoms with E-state index in [1.165, 1.54) is 12.8 Å². The van der Waals surface area contributed by atoms with Crippen molar-refractivity contribution in [2.24, 2.45) is 0 Å². The van der Waals surface area contributed by atoms with Crippen LogP contribution in [0.2, 0.25) is 0 Å². The Morgan fingerprint density at radius 3 is 2.53 bits per heavy atom. The molecular weight excluding hydrogens is 254 g/mol. The normalized spacial score (nSPS) is 15.6. The highest BCUT2D eigenvalue weighted by Gasteiger charge is 2.18. The predicted octanol–water partition coefficient (Wildman–Crippen LogP) is 4.36. The number of hydrogen-bond donors (Lipinski definition) is 1. The molecule has 3 heteroatoms. The zero-order valence-corrected chi connectivity index (χ0v) is 11.6. The minimum absolute atomic E-state index is 0.331. The van der Waals surface area contributed by atoms with Crippen LogP contribution in [0.1, 0.15) is 25.7 Å². The first-order valence-electron chi connectivity index (χ1n) is 6.74. The third kappa shape index (κ3) is 2.92. The van der Waals surface area contributed by atoms with E-state index in [-0.39, 0.29) is 0 Å². The number of pyridine rings is 1. The lowest BCUT2D eigenvalue weighted by molar-refractivity contribution is 0.202. The van der Waals surface area contributed by atoms with Crippen molar-refractivity contribution in [1.29, 1.82) is 0 Å². The van der Waals surface area contributed by atoms with Gasteiger partial charge in [-0.2, -0.15) is 0 Å². The second-order valence-electron chi connectivity index (χ2n) is 4.93. The largest absolute Gasteiger partial charge is 0.474 e. The van der Waals surface area contributed by atoms with Crippen molar-refractivity contribution in [3.63, 3.8) is 0 Å². The molecule has 2 aromatic rings. The lowest BCUT2D eigenvalue weighted by Gasteiger charge is -2.15. The summed E-state index contributed by atoms with van der Waals surface area (Å²) in [6.07, 6.45) is 6.94. The van der Waals surface area contributed by atoms with Gasteiger partial charge in [0.05, 0.1) is 0 Å². The number of thiol groups is 1. The SMILES string of the molecule is Sc1ccc(-c2cccnc2OC2CCCC2)cc1. The fourth-order valence-corrected chi connectivity index (χ4v) is 2.66. The fraction of sp³-hybridized carbons (Fsp3) is 0.312. The first kappa shape index (κ1) is 12.5. The predicted molar refractivity (Wildman–Crippen MR) is 79.8 cm³/mol. The van der Waals surface area contributed by atoms with Crippen molar-refractivity contribution in [3.8, 4) is 17.0 Å². The zero-order chi connectivity index (χ0) is 13.1. The highest BCUT2D eigenvalue weighted by Crippen LogP contribution is 2.31. The van der Waals surface area contributed by atoms with Crippen molar-refractivity contribution in [1.82, 2.24) is 4.98 Å². The van der Waals surface area contributed by atoms with Gasteiger partial charge in [0.15, 0.2) is 0 Å². The smallest absolute Gasteiger partial charge is 0.221 e. The Balaban J connectivity index is 1.90. The molecule has 1 aliphatic carbocycles. The Hall–Kier alpha value is -1.48. The monoisotopic (exact) mass is 271 g/mol. The van der Waals surface area contributed by atoms with Crippen LogP contribution in [0.15, 0.2) is 47.5 Å². The number of nitrogens with zero attached hydrogens (tertiary/aromatic N) is 1. The van der Waals surface area contributed by atoms with Crippen LogP contribution in [0.25, 0.3) is 11.1 Å². The minimum atomic E-state index is 0.331. The van der Waals surface area contributed by atoms with Crippen molar-refractivity contribution in [3.05, 3.63) is 42.6 Å². The van der Waals surface area contributed by atoms with Gasteiger partial charge in [-0.25, -0.2) is 4.98 Å². The van der Waals surface area contributed by atoms with E-state index < -0.39 is 0 Å². The van der Waals surface area contributed by atoms with Gasteiger partial charge in [0.2, 0.25) is 5.88 Å². The van der Waals surface area contributed by atoms with Gasteiger partial charge in [-0.1, -0.05) is 12.1 Å². The minimum Gasteiger partial charge on any atom is -0.474 e. The first-order valence-corrected chi connectivity index (χ1v) is 7.19. The molecule has 1 aromatic carbocycles. The molecule has 0 saturated heterocycles. The molecule has 3 rings (SSSR count). The summed E-state index contributed by atoms with van der Waals surface area (Å²) >= 11 is 4.32. The van der Waals surface area contributed by atoms with Crippen molar-refractivity contribution in [2.45, 2.75) is 36.7 Å². The number of hydrogen-bond acceptors (Lipinski definition) is 3. The summed E-state index contributed by atoms with van der Waals surface area (Å²) < 4.78 is 6.06. The quantitative estimate of drug-likeness (QED) is 0.838. The molecule has 19 heavy (non-hydrogen) atoms. The molecule has 1 aliphatic rings. The van der Waals surface area contributed by atoms with E-state index in [0.717, 1.165) is 34.7 Å². The maximum atomic E-state index is 6.06. The van der Waals surface area contributed by atoms with Gasteiger partial charge in [0, 0.05) is 16.7 Å². The number of rotatable bonds is 3. The average molecular weight is 271 g/mol. The number of benzene rings is 1. The molecule has 0 spiro atoms. The van der Waals surface area contributed by atoms with E-state index in [2.05, 4.69) is 35.8 Å².